The van der Waals surface area contributed by atoms with Crippen LogP contribution in [0.15, 0.2) is 47.4 Å². The van der Waals surface area contributed by atoms with E-state index in [4.69, 9.17) is 23.2 Å². The van der Waals surface area contributed by atoms with Crippen molar-refractivity contribution in [3.63, 3.8) is 0 Å². The number of carboxylic acid groups (broad SMARTS) is 1. The van der Waals surface area contributed by atoms with Crippen LogP contribution in [0.3, 0.4) is 0 Å². The number of nitrogens with zero attached hydrogens (tertiary/aromatic N) is 2. The van der Waals surface area contributed by atoms with E-state index in [1.54, 1.807) is 51.0 Å². The first-order valence-corrected chi connectivity index (χ1v) is 14.9. The van der Waals surface area contributed by atoms with E-state index in [9.17, 15) is 32.7 Å². The van der Waals surface area contributed by atoms with Gasteiger partial charge in [-0.05, 0) is 80.7 Å². The van der Waals surface area contributed by atoms with E-state index in [1.807, 2.05) is 0 Å². The third-order valence-electron chi connectivity index (χ3n) is 7.23. The maximum Gasteiger partial charge on any atom is 0.416 e. The van der Waals surface area contributed by atoms with Gasteiger partial charge in [0.05, 0.1) is 18.0 Å². The number of carbonyl (C=O) groups is 2. The van der Waals surface area contributed by atoms with E-state index in [-0.39, 0.29) is 65.5 Å². The highest BCUT2D eigenvalue weighted by Gasteiger charge is 2.36. The van der Waals surface area contributed by atoms with Gasteiger partial charge in [-0.25, -0.2) is 4.39 Å². The molecule has 1 unspecified atom stereocenters. The molecule has 0 saturated carbocycles. The fourth-order valence-corrected chi connectivity index (χ4v) is 5.70. The average Bonchev–Trinajstić information content (AvgIpc) is 2.91. The molecule has 0 radical (unpaired) electrons. The molecule has 1 heterocycles. The second-order valence-electron chi connectivity index (χ2n) is 11.6. The summed E-state index contributed by atoms with van der Waals surface area (Å²) in [5.74, 6) is -3.18. The lowest BCUT2D eigenvalue weighted by molar-refractivity contribution is -0.139. The maximum atomic E-state index is 15.6. The van der Waals surface area contributed by atoms with Crippen LogP contribution in [0, 0.1) is 18.7 Å². The minimum atomic E-state index is -4.80. The number of halogens is 6. The first-order valence-electron chi connectivity index (χ1n) is 14.1. The standard InChI is InChI=1S/C32H35Cl2F4N3O4.H2S/c1-17(2)11-26(41-16-19(9-10-40(4)5)22(14-27(41)42)32(36,37)38)31(45)39-25(15-28(43)44)21-13-20(12-18(3)30(21)35)29-23(33)7-6-8-24(29)34;/h6-8,12-14,16-17,25-26H,9-11,15H2,1-5H3,(H,39,45)(H,43,44);1H2/t25-,26?;/m0./s1. The number of hydrogen-bond donors (Lipinski definition) is 2. The van der Waals surface area contributed by atoms with E-state index < -0.39 is 53.5 Å². The van der Waals surface area contributed by atoms with Gasteiger partial charge in [0.25, 0.3) is 5.56 Å². The summed E-state index contributed by atoms with van der Waals surface area (Å²) in [5, 5.41) is 12.8. The topological polar surface area (TPSA) is 91.6 Å². The Labute approximate surface area is 281 Å². The molecule has 3 aromatic rings. The molecule has 2 N–H and O–H groups in total. The van der Waals surface area contributed by atoms with Gasteiger partial charge in [-0.15, -0.1) is 0 Å². The van der Waals surface area contributed by atoms with Gasteiger partial charge in [0.15, 0.2) is 0 Å². The Morgan fingerprint density at radius 1 is 1.09 bits per heavy atom. The predicted octanol–water partition coefficient (Wildman–Crippen LogP) is 7.42. The van der Waals surface area contributed by atoms with Crippen LogP contribution >= 0.6 is 36.7 Å². The summed E-state index contributed by atoms with van der Waals surface area (Å²) in [4.78, 5) is 40.6. The minimum Gasteiger partial charge on any atom is -0.481 e. The highest BCUT2D eigenvalue weighted by Crippen LogP contribution is 2.38. The summed E-state index contributed by atoms with van der Waals surface area (Å²) in [6.45, 7) is 5.23. The van der Waals surface area contributed by atoms with Crippen molar-refractivity contribution in [2.45, 2.75) is 58.3 Å². The molecule has 0 aliphatic heterocycles. The normalized spacial score (nSPS) is 13.0. The van der Waals surface area contributed by atoms with E-state index in [1.165, 1.54) is 19.1 Å². The molecule has 0 bridgehead atoms. The van der Waals surface area contributed by atoms with E-state index in [0.717, 1.165) is 10.8 Å². The van der Waals surface area contributed by atoms with E-state index in [2.05, 4.69) is 5.32 Å². The molecule has 1 amide bonds. The smallest absolute Gasteiger partial charge is 0.416 e. The van der Waals surface area contributed by atoms with Gasteiger partial charge in [-0.2, -0.15) is 26.7 Å². The van der Waals surface area contributed by atoms with Gasteiger partial charge in [-0.1, -0.05) is 43.1 Å². The molecular formula is C32H37Cl2F4N3O4S. The highest BCUT2D eigenvalue weighted by atomic mass is 35.5. The van der Waals surface area contributed by atoms with Crippen LogP contribution in [-0.4, -0.2) is 47.1 Å². The van der Waals surface area contributed by atoms with Crippen LogP contribution in [0.1, 0.15) is 61.0 Å². The number of carboxylic acids is 1. The lowest BCUT2D eigenvalue weighted by Gasteiger charge is -2.27. The Morgan fingerprint density at radius 3 is 2.22 bits per heavy atom. The van der Waals surface area contributed by atoms with Crippen molar-refractivity contribution in [1.82, 2.24) is 14.8 Å². The van der Waals surface area contributed by atoms with Gasteiger partial charge < -0.3 is 19.9 Å². The van der Waals surface area contributed by atoms with E-state index >= 15 is 4.39 Å². The molecule has 2 atom stereocenters. The Morgan fingerprint density at radius 2 is 1.70 bits per heavy atom. The third-order valence-corrected chi connectivity index (χ3v) is 7.86. The van der Waals surface area contributed by atoms with Gasteiger partial charge >= 0.3 is 12.1 Å². The Balaban J connectivity index is 0.00000736. The zero-order valence-electron chi connectivity index (χ0n) is 25.9. The number of aryl methyl sites for hydroxylation is 1. The Hall–Kier alpha value is -3.06. The third kappa shape index (κ3) is 9.73. The van der Waals surface area contributed by atoms with Crippen LogP contribution in [0.2, 0.25) is 10.0 Å². The summed E-state index contributed by atoms with van der Waals surface area (Å²) >= 11 is 12.7. The quantitative estimate of drug-likeness (QED) is 0.191. The number of benzene rings is 2. The largest absolute Gasteiger partial charge is 0.481 e. The molecule has 252 valence electrons. The van der Waals surface area contributed by atoms with Crippen molar-refractivity contribution >= 4 is 48.6 Å². The number of carbonyl (C=O) groups excluding carboxylic acids is 1. The van der Waals surface area contributed by atoms with Gasteiger partial charge in [0.1, 0.15) is 11.9 Å². The number of alkyl halides is 3. The van der Waals surface area contributed by atoms with Gasteiger partial charge in [0, 0.05) is 40.0 Å². The fourth-order valence-electron chi connectivity index (χ4n) is 5.09. The van der Waals surface area contributed by atoms with Crippen LogP contribution < -0.4 is 10.9 Å². The van der Waals surface area contributed by atoms with Crippen LogP contribution in [0.5, 0.6) is 0 Å². The summed E-state index contributed by atoms with van der Waals surface area (Å²) in [7, 11) is 3.38. The molecule has 0 aliphatic rings. The SMILES string of the molecule is Cc1cc(-c2c(Cl)cccc2Cl)cc([C@H](CC(=O)O)NC(=O)C(CC(C)C)n2cc(CCN(C)C)c(C(F)(F)F)cc2=O)c1F.S. The number of hydrogen-bond acceptors (Lipinski definition) is 4. The Kier molecular flexibility index (Phi) is 13.7. The second kappa shape index (κ2) is 16.2. The van der Waals surface area contributed by atoms with Gasteiger partial charge in [0.2, 0.25) is 5.91 Å². The van der Waals surface area contributed by atoms with Gasteiger partial charge in [-0.3, -0.25) is 14.4 Å². The summed E-state index contributed by atoms with van der Waals surface area (Å²) < 4.78 is 58.2. The number of likely N-dealkylation sites (N-methyl/N-ethyl adjacent to an activating group) is 1. The van der Waals surface area contributed by atoms with Crippen molar-refractivity contribution in [2.75, 3.05) is 20.6 Å². The average molecular weight is 707 g/mol. The van der Waals surface area contributed by atoms with Crippen molar-refractivity contribution in [3.05, 3.63) is 91.1 Å². The number of nitrogens with one attached hydrogen (secondary N) is 1. The van der Waals surface area contributed by atoms with Crippen molar-refractivity contribution in [1.29, 1.82) is 0 Å². The van der Waals surface area contributed by atoms with Crippen LogP contribution in [0.25, 0.3) is 11.1 Å². The zero-order valence-corrected chi connectivity index (χ0v) is 28.4. The van der Waals surface area contributed by atoms with E-state index in [0.29, 0.717) is 17.2 Å². The first-order chi connectivity index (χ1) is 20.9. The number of rotatable bonds is 12. The minimum absolute atomic E-state index is 0. The molecule has 0 fully saturated rings. The zero-order chi connectivity index (χ0) is 33.8. The molecule has 3 rings (SSSR count). The molecule has 0 saturated heterocycles. The molecule has 14 heteroatoms. The number of aliphatic carboxylic acids is 1. The van der Waals surface area contributed by atoms with Crippen LogP contribution in [0.4, 0.5) is 17.6 Å². The molecule has 46 heavy (non-hydrogen) atoms. The monoisotopic (exact) mass is 705 g/mol. The lowest BCUT2D eigenvalue weighted by atomic mass is 9.93. The number of pyridine rings is 1. The Bertz CT molecular complexity index is 1610. The molecule has 2 aromatic carbocycles. The number of aromatic nitrogens is 1. The summed E-state index contributed by atoms with van der Waals surface area (Å²) in [6, 6.07) is 5.38. The molecule has 7 nitrogen and oxygen atoms in total. The molecular weight excluding hydrogens is 669 g/mol. The summed E-state index contributed by atoms with van der Waals surface area (Å²) in [6.07, 6.45) is -4.51. The fraction of sp³-hybridized carbons (Fsp3) is 0.406. The predicted molar refractivity (Wildman–Crippen MR) is 177 cm³/mol. The molecule has 0 spiro atoms. The van der Waals surface area contributed by atoms with Crippen molar-refractivity contribution in [2.24, 2.45) is 5.92 Å². The second-order valence-corrected chi connectivity index (χ2v) is 12.4. The first kappa shape index (κ1) is 39.1. The lowest BCUT2D eigenvalue weighted by Crippen LogP contribution is -2.41. The molecule has 1 aromatic heterocycles. The van der Waals surface area contributed by atoms with Crippen molar-refractivity contribution in [3.8, 4) is 11.1 Å². The van der Waals surface area contributed by atoms with Crippen LogP contribution in [-0.2, 0) is 22.2 Å². The highest BCUT2D eigenvalue weighted by molar-refractivity contribution is 7.59. The number of amides is 1. The van der Waals surface area contributed by atoms with Crippen molar-refractivity contribution < 1.29 is 32.3 Å². The summed E-state index contributed by atoms with van der Waals surface area (Å²) in [5.41, 5.74) is -1.59. The molecule has 0 aliphatic carbocycles. The maximum absolute atomic E-state index is 15.6.